The highest BCUT2D eigenvalue weighted by Gasteiger charge is 2.32. The molecule has 1 aliphatic rings. The van der Waals surface area contributed by atoms with Gasteiger partial charge in [0.15, 0.2) is 0 Å². The smallest absolute Gasteiger partial charge is 0.305 e. The van der Waals surface area contributed by atoms with Gasteiger partial charge in [-0.3, -0.25) is 9.59 Å². The summed E-state index contributed by atoms with van der Waals surface area (Å²) in [7, 11) is 1.68. The van der Waals surface area contributed by atoms with Crippen LogP contribution in [0.15, 0.2) is 12.1 Å². The number of nitrogens with zero attached hydrogens (tertiary/aromatic N) is 1. The van der Waals surface area contributed by atoms with E-state index in [0.29, 0.717) is 0 Å². The van der Waals surface area contributed by atoms with E-state index in [1.807, 2.05) is 26.0 Å². The van der Waals surface area contributed by atoms with Crippen LogP contribution in [0.1, 0.15) is 17.5 Å². The molecule has 0 spiro atoms. The zero-order valence-electron chi connectivity index (χ0n) is 10.7. The van der Waals surface area contributed by atoms with Crippen LogP contribution >= 0.6 is 0 Å². The summed E-state index contributed by atoms with van der Waals surface area (Å²) < 4.78 is 0. The summed E-state index contributed by atoms with van der Waals surface area (Å²) >= 11 is 0. The summed E-state index contributed by atoms with van der Waals surface area (Å²) in [4.78, 5) is 24.4. The van der Waals surface area contributed by atoms with Crippen LogP contribution in [0.2, 0.25) is 0 Å². The quantitative estimate of drug-likeness (QED) is 0.832. The lowest BCUT2D eigenvalue weighted by atomic mass is 10.0. The van der Waals surface area contributed by atoms with Gasteiger partial charge in [-0.1, -0.05) is 6.07 Å². The lowest BCUT2D eigenvalue weighted by molar-refractivity contribution is -0.138. The van der Waals surface area contributed by atoms with E-state index in [1.165, 1.54) is 4.90 Å². The minimum atomic E-state index is -0.984. The molecule has 0 saturated carbocycles. The van der Waals surface area contributed by atoms with Gasteiger partial charge in [0.05, 0.1) is 17.8 Å². The number of hydrogen-bond donors (Lipinski definition) is 2. The van der Waals surface area contributed by atoms with Gasteiger partial charge in [0, 0.05) is 7.05 Å². The molecule has 96 valence electrons. The summed E-state index contributed by atoms with van der Waals surface area (Å²) in [6.07, 6.45) is -0.213. The number of benzene rings is 1. The van der Waals surface area contributed by atoms with Crippen LogP contribution in [0, 0.1) is 13.8 Å². The molecule has 1 atom stereocenters. The number of amides is 1. The Morgan fingerprint density at radius 1 is 1.44 bits per heavy atom. The Morgan fingerprint density at radius 2 is 2.11 bits per heavy atom. The maximum absolute atomic E-state index is 12.1. The van der Waals surface area contributed by atoms with Crippen molar-refractivity contribution in [3.63, 3.8) is 0 Å². The molecule has 18 heavy (non-hydrogen) atoms. The molecule has 1 amide bonds. The van der Waals surface area contributed by atoms with E-state index < -0.39 is 12.0 Å². The summed E-state index contributed by atoms with van der Waals surface area (Å²) in [6, 6.07) is 3.24. The van der Waals surface area contributed by atoms with Crippen LogP contribution in [0.25, 0.3) is 0 Å². The Morgan fingerprint density at radius 3 is 2.72 bits per heavy atom. The van der Waals surface area contributed by atoms with Crippen LogP contribution in [-0.2, 0) is 9.59 Å². The number of aliphatic carboxylic acids is 1. The van der Waals surface area contributed by atoms with E-state index in [0.717, 1.165) is 22.5 Å². The number of fused-ring (bicyclic) bond motifs is 1. The molecule has 1 aliphatic heterocycles. The number of carbonyl (C=O) groups excluding carboxylic acids is 1. The van der Waals surface area contributed by atoms with Crippen LogP contribution in [0.4, 0.5) is 11.4 Å². The minimum absolute atomic E-state index is 0.211. The standard InChI is InChI=1S/C13H16N2O3/c1-7-4-8(2)12-9(5-7)14-10(6-11(16)17)13(18)15(12)3/h4-5,10,14H,6H2,1-3H3,(H,16,17). The van der Waals surface area contributed by atoms with Gasteiger partial charge in [0.1, 0.15) is 6.04 Å². The van der Waals surface area contributed by atoms with Crippen LogP contribution in [0.3, 0.4) is 0 Å². The third-order valence-corrected chi connectivity index (χ3v) is 3.12. The number of hydrogen-bond acceptors (Lipinski definition) is 3. The molecular formula is C13H16N2O3. The lowest BCUT2D eigenvalue weighted by Crippen LogP contribution is -2.46. The Balaban J connectivity index is 2.44. The Bertz CT molecular complexity index is 525. The summed E-state index contributed by atoms with van der Waals surface area (Å²) in [5, 5.41) is 11.8. The molecule has 0 fully saturated rings. The van der Waals surface area contributed by atoms with Crippen molar-refractivity contribution in [3.8, 4) is 0 Å². The van der Waals surface area contributed by atoms with E-state index in [4.69, 9.17) is 5.11 Å². The average Bonchev–Trinajstić information content (AvgIpc) is 2.23. The van der Waals surface area contributed by atoms with Gasteiger partial charge >= 0.3 is 5.97 Å². The molecule has 0 bridgehead atoms. The van der Waals surface area contributed by atoms with Crippen LogP contribution in [0.5, 0.6) is 0 Å². The fraction of sp³-hybridized carbons (Fsp3) is 0.385. The number of nitrogens with one attached hydrogen (secondary N) is 1. The molecule has 5 nitrogen and oxygen atoms in total. The van der Waals surface area contributed by atoms with Crippen LogP contribution < -0.4 is 10.2 Å². The maximum atomic E-state index is 12.1. The normalized spacial score (nSPS) is 18.3. The Kier molecular flexibility index (Phi) is 2.98. The zero-order chi connectivity index (χ0) is 13.4. The molecule has 1 unspecified atom stereocenters. The van der Waals surface area contributed by atoms with Crippen LogP contribution in [-0.4, -0.2) is 30.1 Å². The second-order valence-corrected chi connectivity index (χ2v) is 4.67. The average molecular weight is 248 g/mol. The first-order valence-corrected chi connectivity index (χ1v) is 5.77. The number of aryl methyl sites for hydroxylation is 2. The van der Waals surface area contributed by atoms with Gasteiger partial charge in [-0.15, -0.1) is 0 Å². The van der Waals surface area contributed by atoms with Gasteiger partial charge < -0.3 is 15.3 Å². The number of likely N-dealkylation sites (N-methyl/N-ethyl adjacent to an activating group) is 1. The molecule has 2 rings (SSSR count). The highest BCUT2D eigenvalue weighted by Crippen LogP contribution is 2.35. The molecule has 1 heterocycles. The van der Waals surface area contributed by atoms with Gasteiger partial charge in [0.25, 0.3) is 0 Å². The molecule has 2 N–H and O–H groups in total. The van der Waals surface area contributed by atoms with E-state index in [2.05, 4.69) is 5.32 Å². The fourth-order valence-corrected chi connectivity index (χ4v) is 2.42. The number of carbonyl (C=O) groups is 2. The highest BCUT2D eigenvalue weighted by molar-refractivity contribution is 6.06. The van der Waals surface area contributed by atoms with Crippen molar-refractivity contribution in [2.75, 3.05) is 17.3 Å². The predicted octanol–water partition coefficient (Wildman–Crippen LogP) is 1.54. The maximum Gasteiger partial charge on any atom is 0.305 e. The van der Waals surface area contributed by atoms with E-state index in [-0.39, 0.29) is 12.3 Å². The monoisotopic (exact) mass is 248 g/mol. The first-order valence-electron chi connectivity index (χ1n) is 5.77. The van der Waals surface area contributed by atoms with Crippen molar-refractivity contribution in [1.82, 2.24) is 0 Å². The van der Waals surface area contributed by atoms with Crippen molar-refractivity contribution in [2.24, 2.45) is 0 Å². The molecule has 0 saturated heterocycles. The van der Waals surface area contributed by atoms with E-state index in [1.54, 1.807) is 7.05 Å². The molecular weight excluding hydrogens is 232 g/mol. The number of carboxylic acid groups (broad SMARTS) is 1. The number of anilines is 2. The summed E-state index contributed by atoms with van der Waals surface area (Å²) in [6.45, 7) is 3.91. The Labute approximate surface area is 105 Å². The molecule has 0 aromatic heterocycles. The molecule has 5 heteroatoms. The third-order valence-electron chi connectivity index (χ3n) is 3.12. The molecule has 0 aliphatic carbocycles. The van der Waals surface area contributed by atoms with Gasteiger partial charge in [-0.25, -0.2) is 0 Å². The van der Waals surface area contributed by atoms with E-state index in [9.17, 15) is 9.59 Å². The van der Waals surface area contributed by atoms with Crippen molar-refractivity contribution in [3.05, 3.63) is 23.3 Å². The summed E-state index contributed by atoms with van der Waals surface area (Å²) in [5.41, 5.74) is 3.73. The number of rotatable bonds is 2. The molecule has 0 radical (unpaired) electrons. The first-order chi connectivity index (χ1) is 8.40. The lowest BCUT2D eigenvalue weighted by Gasteiger charge is -2.33. The van der Waals surface area contributed by atoms with E-state index >= 15 is 0 Å². The number of carboxylic acids is 1. The second-order valence-electron chi connectivity index (χ2n) is 4.67. The Hall–Kier alpha value is -2.04. The van der Waals surface area contributed by atoms with Gasteiger partial charge in [-0.05, 0) is 31.0 Å². The highest BCUT2D eigenvalue weighted by atomic mass is 16.4. The van der Waals surface area contributed by atoms with Gasteiger partial charge in [0.2, 0.25) is 5.91 Å². The van der Waals surface area contributed by atoms with Gasteiger partial charge in [-0.2, -0.15) is 0 Å². The molecule has 1 aromatic rings. The fourth-order valence-electron chi connectivity index (χ4n) is 2.42. The van der Waals surface area contributed by atoms with Crippen molar-refractivity contribution < 1.29 is 14.7 Å². The first kappa shape index (κ1) is 12.4. The SMILES string of the molecule is Cc1cc(C)c2c(c1)NC(CC(=O)O)C(=O)N2C. The third kappa shape index (κ3) is 2.03. The predicted molar refractivity (Wildman–Crippen MR) is 69.0 cm³/mol. The summed E-state index contributed by atoms with van der Waals surface area (Å²) in [5.74, 6) is -1.20. The van der Waals surface area contributed by atoms with Crippen molar-refractivity contribution in [2.45, 2.75) is 26.3 Å². The zero-order valence-corrected chi connectivity index (χ0v) is 10.7. The second kappa shape index (κ2) is 4.33. The van der Waals surface area contributed by atoms with Crippen molar-refractivity contribution in [1.29, 1.82) is 0 Å². The molecule has 1 aromatic carbocycles. The largest absolute Gasteiger partial charge is 0.481 e. The van der Waals surface area contributed by atoms with Crippen molar-refractivity contribution >= 4 is 23.3 Å². The minimum Gasteiger partial charge on any atom is -0.481 e. The topological polar surface area (TPSA) is 69.6 Å².